The Balaban J connectivity index is 1.78. The molecule has 9 heteroatoms. The molecular weight excluding hydrogens is 330 g/mol. The standard InChI is InChI=1S/C15H15N5O3S/c1-7(24-15-19-11(16)5-12(17)20-15)14(22)8-2-3-10-9(4-8)18-13(21)6-23-10/h2-5,7H,6H2,1H3,(H,18,21)(H4,16,17,19,20). The maximum atomic E-state index is 12.6. The van der Waals surface area contributed by atoms with Crippen LogP contribution in [0.25, 0.3) is 0 Å². The summed E-state index contributed by atoms with van der Waals surface area (Å²) in [7, 11) is 0. The summed E-state index contributed by atoms with van der Waals surface area (Å²) in [6.45, 7) is 1.71. The van der Waals surface area contributed by atoms with E-state index < -0.39 is 5.25 Å². The first kappa shape index (κ1) is 16.1. The molecule has 1 amide bonds. The summed E-state index contributed by atoms with van der Waals surface area (Å²) in [4.78, 5) is 32.1. The summed E-state index contributed by atoms with van der Waals surface area (Å²) in [5.74, 6) is 0.653. The number of ketones is 1. The maximum Gasteiger partial charge on any atom is 0.262 e. The Morgan fingerprint density at radius 3 is 2.71 bits per heavy atom. The number of Topliss-reactive ketones (excluding diaryl/α,β-unsaturated/α-hetero) is 1. The van der Waals surface area contributed by atoms with Crippen molar-refractivity contribution in [2.45, 2.75) is 17.3 Å². The SMILES string of the molecule is CC(Sc1nc(N)cc(N)n1)C(=O)c1ccc2c(c1)NC(=O)CO2. The zero-order valence-electron chi connectivity index (χ0n) is 12.8. The van der Waals surface area contributed by atoms with Gasteiger partial charge in [-0.05, 0) is 25.1 Å². The van der Waals surface area contributed by atoms with Crippen LogP contribution in [0.3, 0.4) is 0 Å². The van der Waals surface area contributed by atoms with Crippen LogP contribution in [0.15, 0.2) is 29.4 Å². The lowest BCUT2D eigenvalue weighted by atomic mass is 10.1. The number of nitrogen functional groups attached to an aromatic ring is 2. The zero-order valence-corrected chi connectivity index (χ0v) is 13.6. The van der Waals surface area contributed by atoms with E-state index in [1.54, 1.807) is 25.1 Å². The third-order valence-corrected chi connectivity index (χ3v) is 4.25. The normalized spacial score (nSPS) is 14.3. The first-order chi connectivity index (χ1) is 11.4. The van der Waals surface area contributed by atoms with E-state index >= 15 is 0 Å². The van der Waals surface area contributed by atoms with Gasteiger partial charge in [0.25, 0.3) is 5.91 Å². The number of nitrogens with one attached hydrogen (secondary N) is 1. The van der Waals surface area contributed by atoms with E-state index in [0.29, 0.717) is 22.2 Å². The van der Waals surface area contributed by atoms with E-state index in [1.165, 1.54) is 6.07 Å². The number of nitrogens with two attached hydrogens (primary N) is 2. The lowest BCUT2D eigenvalue weighted by Crippen LogP contribution is -2.25. The summed E-state index contributed by atoms with van der Waals surface area (Å²) in [6, 6.07) is 6.36. The Bertz CT molecular complexity index is 807. The molecule has 8 nitrogen and oxygen atoms in total. The highest BCUT2D eigenvalue weighted by Gasteiger charge is 2.22. The van der Waals surface area contributed by atoms with E-state index in [1.807, 2.05) is 0 Å². The summed E-state index contributed by atoms with van der Waals surface area (Å²) in [5.41, 5.74) is 12.2. The molecule has 0 saturated heterocycles. The van der Waals surface area contributed by atoms with E-state index in [9.17, 15) is 9.59 Å². The number of hydrogen-bond donors (Lipinski definition) is 3. The molecule has 24 heavy (non-hydrogen) atoms. The molecule has 0 spiro atoms. The van der Waals surface area contributed by atoms with Crippen LogP contribution in [-0.4, -0.2) is 33.5 Å². The predicted molar refractivity (Wildman–Crippen MR) is 91.1 cm³/mol. The average molecular weight is 345 g/mol. The molecule has 0 saturated carbocycles. The second-order valence-electron chi connectivity index (χ2n) is 5.17. The molecule has 0 radical (unpaired) electrons. The van der Waals surface area contributed by atoms with Crippen molar-refractivity contribution in [1.29, 1.82) is 0 Å². The van der Waals surface area contributed by atoms with Gasteiger partial charge >= 0.3 is 0 Å². The van der Waals surface area contributed by atoms with Crippen LogP contribution in [0.2, 0.25) is 0 Å². The molecule has 5 N–H and O–H groups in total. The Kier molecular flexibility index (Phi) is 4.26. The Hall–Kier alpha value is -2.81. The van der Waals surface area contributed by atoms with Gasteiger partial charge in [-0.15, -0.1) is 0 Å². The third kappa shape index (κ3) is 3.40. The van der Waals surface area contributed by atoms with Crippen molar-refractivity contribution in [2.75, 3.05) is 23.4 Å². The fraction of sp³-hybridized carbons (Fsp3) is 0.200. The number of hydrogen-bond acceptors (Lipinski definition) is 8. The first-order valence-corrected chi connectivity index (χ1v) is 7.98. The smallest absolute Gasteiger partial charge is 0.262 e. The van der Waals surface area contributed by atoms with Crippen LogP contribution in [0, 0.1) is 0 Å². The second kappa shape index (κ2) is 6.36. The van der Waals surface area contributed by atoms with Gasteiger partial charge in [-0.2, -0.15) is 0 Å². The van der Waals surface area contributed by atoms with Gasteiger partial charge in [0.2, 0.25) is 0 Å². The van der Waals surface area contributed by atoms with E-state index in [2.05, 4.69) is 15.3 Å². The van der Waals surface area contributed by atoms with Crippen LogP contribution in [-0.2, 0) is 4.79 Å². The van der Waals surface area contributed by atoms with Gasteiger partial charge in [0.05, 0.1) is 10.9 Å². The summed E-state index contributed by atoms with van der Waals surface area (Å²) >= 11 is 1.16. The number of ether oxygens (including phenoxy) is 1. The highest BCUT2D eigenvalue weighted by atomic mass is 32.2. The van der Waals surface area contributed by atoms with Crippen molar-refractivity contribution >= 4 is 40.8 Å². The maximum absolute atomic E-state index is 12.6. The van der Waals surface area contributed by atoms with Crippen molar-refractivity contribution < 1.29 is 14.3 Å². The second-order valence-corrected chi connectivity index (χ2v) is 6.48. The molecule has 0 bridgehead atoms. The quantitative estimate of drug-likeness (QED) is 0.429. The van der Waals surface area contributed by atoms with Crippen molar-refractivity contribution in [3.63, 3.8) is 0 Å². The average Bonchev–Trinajstić information content (AvgIpc) is 2.52. The molecule has 1 atom stereocenters. The Labute approximate surface area is 142 Å². The minimum absolute atomic E-state index is 0.0270. The van der Waals surface area contributed by atoms with Gasteiger partial charge in [-0.1, -0.05) is 11.8 Å². The van der Waals surface area contributed by atoms with Crippen molar-refractivity contribution in [3.8, 4) is 5.75 Å². The van der Waals surface area contributed by atoms with Gasteiger partial charge in [0.15, 0.2) is 17.5 Å². The third-order valence-electron chi connectivity index (χ3n) is 3.29. The number of amides is 1. The van der Waals surface area contributed by atoms with E-state index in [-0.39, 0.29) is 29.9 Å². The number of fused-ring (bicyclic) bond motifs is 1. The summed E-state index contributed by atoms with van der Waals surface area (Å²) < 4.78 is 5.28. The predicted octanol–water partition coefficient (Wildman–Crippen LogP) is 1.34. The van der Waals surface area contributed by atoms with Gasteiger partial charge in [-0.25, -0.2) is 9.97 Å². The Morgan fingerprint density at radius 1 is 1.29 bits per heavy atom. The van der Waals surface area contributed by atoms with Crippen LogP contribution < -0.4 is 21.5 Å². The van der Waals surface area contributed by atoms with Crippen LogP contribution >= 0.6 is 11.8 Å². The fourth-order valence-corrected chi connectivity index (χ4v) is 3.07. The Morgan fingerprint density at radius 2 is 2.00 bits per heavy atom. The largest absolute Gasteiger partial charge is 0.482 e. The molecule has 1 aromatic heterocycles. The van der Waals surface area contributed by atoms with Gasteiger partial charge in [-0.3, -0.25) is 9.59 Å². The monoisotopic (exact) mass is 345 g/mol. The molecule has 1 aliphatic rings. The lowest BCUT2D eigenvalue weighted by molar-refractivity contribution is -0.118. The number of anilines is 3. The zero-order chi connectivity index (χ0) is 17.3. The molecule has 2 aromatic rings. The molecule has 1 aromatic carbocycles. The van der Waals surface area contributed by atoms with Crippen molar-refractivity contribution in [1.82, 2.24) is 9.97 Å². The van der Waals surface area contributed by atoms with Crippen molar-refractivity contribution in [3.05, 3.63) is 29.8 Å². The number of benzene rings is 1. The number of nitrogens with zero attached hydrogens (tertiary/aromatic N) is 2. The molecule has 0 fully saturated rings. The van der Waals surface area contributed by atoms with E-state index in [4.69, 9.17) is 16.2 Å². The molecular formula is C15H15N5O3S. The van der Waals surface area contributed by atoms with Crippen molar-refractivity contribution in [2.24, 2.45) is 0 Å². The minimum atomic E-state index is -0.454. The first-order valence-electron chi connectivity index (χ1n) is 7.10. The highest BCUT2D eigenvalue weighted by molar-refractivity contribution is 8.00. The van der Waals surface area contributed by atoms with Crippen LogP contribution in [0.1, 0.15) is 17.3 Å². The molecule has 1 aliphatic heterocycles. The lowest BCUT2D eigenvalue weighted by Gasteiger charge is -2.19. The van der Waals surface area contributed by atoms with Gasteiger partial charge < -0.3 is 21.5 Å². The van der Waals surface area contributed by atoms with Gasteiger partial charge in [0.1, 0.15) is 17.4 Å². The molecule has 1 unspecified atom stereocenters. The number of carbonyl (C=O) groups excluding carboxylic acids is 2. The minimum Gasteiger partial charge on any atom is -0.482 e. The highest BCUT2D eigenvalue weighted by Crippen LogP contribution is 2.30. The topological polar surface area (TPSA) is 133 Å². The fourth-order valence-electron chi connectivity index (χ4n) is 2.20. The molecule has 0 aliphatic carbocycles. The number of rotatable bonds is 4. The number of carbonyl (C=O) groups is 2. The summed E-state index contributed by atoms with van der Waals surface area (Å²) in [6.07, 6.45) is 0. The molecule has 2 heterocycles. The van der Waals surface area contributed by atoms with E-state index in [0.717, 1.165) is 11.8 Å². The van der Waals surface area contributed by atoms with Crippen LogP contribution in [0.5, 0.6) is 5.75 Å². The summed E-state index contributed by atoms with van der Waals surface area (Å²) in [5, 5.41) is 2.56. The van der Waals surface area contributed by atoms with Crippen LogP contribution in [0.4, 0.5) is 17.3 Å². The number of thioether (sulfide) groups is 1. The molecule has 3 rings (SSSR count). The molecule has 124 valence electrons. The van der Waals surface area contributed by atoms with Gasteiger partial charge in [0, 0.05) is 11.6 Å². The number of aromatic nitrogens is 2.